The van der Waals surface area contributed by atoms with Crippen LogP contribution in [-0.2, 0) is 7.05 Å². The smallest absolute Gasteiger partial charge is 0.337 e. The summed E-state index contributed by atoms with van der Waals surface area (Å²) >= 11 is 0. The van der Waals surface area contributed by atoms with Gasteiger partial charge in [-0.3, -0.25) is 4.79 Å². The van der Waals surface area contributed by atoms with E-state index in [1.165, 1.54) is 25.3 Å². The van der Waals surface area contributed by atoms with Gasteiger partial charge in [-0.1, -0.05) is 0 Å². The lowest BCUT2D eigenvalue weighted by Crippen LogP contribution is -2.17. The molecule has 0 unspecified atom stereocenters. The van der Waals surface area contributed by atoms with Gasteiger partial charge in [0.15, 0.2) is 0 Å². The van der Waals surface area contributed by atoms with Crippen molar-refractivity contribution in [3.05, 3.63) is 47.8 Å². The Morgan fingerprint density at radius 3 is 2.60 bits per heavy atom. The Morgan fingerprint density at radius 1 is 1.30 bits per heavy atom. The number of ether oxygens (including phenoxy) is 1. The maximum absolute atomic E-state index is 12.1. The first-order valence-corrected chi connectivity index (χ1v) is 5.87. The van der Waals surface area contributed by atoms with Crippen LogP contribution in [0.3, 0.4) is 0 Å². The van der Waals surface area contributed by atoms with Gasteiger partial charge >= 0.3 is 5.97 Å². The molecule has 1 aromatic heterocycles. The molecule has 6 heteroatoms. The second-order valence-electron chi connectivity index (χ2n) is 4.18. The van der Waals surface area contributed by atoms with Crippen LogP contribution in [0.25, 0.3) is 0 Å². The first kappa shape index (κ1) is 13.7. The van der Waals surface area contributed by atoms with Gasteiger partial charge in [-0.05, 0) is 24.3 Å². The van der Waals surface area contributed by atoms with Gasteiger partial charge in [-0.2, -0.15) is 0 Å². The van der Waals surface area contributed by atoms with Crippen molar-refractivity contribution in [1.82, 2.24) is 4.57 Å². The number of carboxylic acids is 1. The summed E-state index contributed by atoms with van der Waals surface area (Å²) in [5, 5.41) is 11.7. The summed E-state index contributed by atoms with van der Waals surface area (Å²) in [4.78, 5) is 23.3. The molecule has 0 radical (unpaired) electrons. The Morgan fingerprint density at radius 2 is 2.05 bits per heavy atom. The maximum Gasteiger partial charge on any atom is 0.337 e. The lowest BCUT2D eigenvalue weighted by atomic mass is 10.1. The van der Waals surface area contributed by atoms with Crippen LogP contribution in [0.15, 0.2) is 36.5 Å². The summed E-state index contributed by atoms with van der Waals surface area (Å²) in [6.07, 6.45) is 1.73. The molecule has 0 atom stereocenters. The molecule has 2 rings (SSSR count). The fourth-order valence-corrected chi connectivity index (χ4v) is 1.82. The zero-order valence-electron chi connectivity index (χ0n) is 11.1. The van der Waals surface area contributed by atoms with Crippen LogP contribution in [0.5, 0.6) is 5.75 Å². The number of nitrogens with one attached hydrogen (secondary N) is 1. The van der Waals surface area contributed by atoms with Crippen molar-refractivity contribution in [3.63, 3.8) is 0 Å². The molecule has 1 heterocycles. The molecule has 0 saturated carbocycles. The summed E-state index contributed by atoms with van der Waals surface area (Å²) in [6, 6.07) is 7.78. The third-order valence-electron chi connectivity index (χ3n) is 2.88. The average molecular weight is 274 g/mol. The van der Waals surface area contributed by atoms with Gasteiger partial charge in [0, 0.05) is 19.3 Å². The van der Waals surface area contributed by atoms with Crippen LogP contribution in [0.1, 0.15) is 20.8 Å². The quantitative estimate of drug-likeness (QED) is 0.893. The van der Waals surface area contributed by atoms with E-state index in [1.807, 2.05) is 0 Å². The minimum Gasteiger partial charge on any atom is -0.497 e. The van der Waals surface area contributed by atoms with E-state index in [1.54, 1.807) is 29.9 Å². The zero-order chi connectivity index (χ0) is 14.7. The fourth-order valence-electron chi connectivity index (χ4n) is 1.82. The number of carboxylic acid groups (broad SMARTS) is 1. The molecule has 0 spiro atoms. The Balaban J connectivity index is 2.34. The molecule has 2 N–H and O–H groups in total. The van der Waals surface area contributed by atoms with Crippen LogP contribution in [0.4, 0.5) is 5.69 Å². The topological polar surface area (TPSA) is 80.6 Å². The van der Waals surface area contributed by atoms with E-state index in [0.29, 0.717) is 11.4 Å². The van der Waals surface area contributed by atoms with Crippen molar-refractivity contribution < 1.29 is 19.4 Å². The SMILES string of the molecule is COc1ccc(C(=O)O)c(NC(=O)c2cccn2C)c1. The van der Waals surface area contributed by atoms with Crippen molar-refractivity contribution in [1.29, 1.82) is 0 Å². The predicted molar refractivity (Wildman–Crippen MR) is 73.3 cm³/mol. The van der Waals surface area contributed by atoms with Crippen molar-refractivity contribution in [2.75, 3.05) is 12.4 Å². The normalized spacial score (nSPS) is 10.1. The first-order chi connectivity index (χ1) is 9.52. The van der Waals surface area contributed by atoms with E-state index in [2.05, 4.69) is 5.32 Å². The summed E-state index contributed by atoms with van der Waals surface area (Å²) in [6.45, 7) is 0. The van der Waals surface area contributed by atoms with Gasteiger partial charge in [0.2, 0.25) is 0 Å². The molecule has 0 bridgehead atoms. The Hall–Kier alpha value is -2.76. The van der Waals surface area contributed by atoms with Gasteiger partial charge < -0.3 is 19.7 Å². The van der Waals surface area contributed by atoms with Gasteiger partial charge in [0.1, 0.15) is 11.4 Å². The van der Waals surface area contributed by atoms with Crippen LogP contribution >= 0.6 is 0 Å². The maximum atomic E-state index is 12.1. The van der Waals surface area contributed by atoms with E-state index in [9.17, 15) is 9.59 Å². The number of benzene rings is 1. The second-order valence-corrected chi connectivity index (χ2v) is 4.18. The zero-order valence-corrected chi connectivity index (χ0v) is 11.1. The number of aromatic carboxylic acids is 1. The number of aromatic nitrogens is 1. The molecule has 0 aliphatic carbocycles. The number of carbonyl (C=O) groups is 2. The van der Waals surface area contributed by atoms with Gasteiger partial charge in [0.05, 0.1) is 18.4 Å². The van der Waals surface area contributed by atoms with Crippen molar-refractivity contribution >= 4 is 17.6 Å². The number of hydrogen-bond acceptors (Lipinski definition) is 3. The molecular formula is C14H14N2O4. The van der Waals surface area contributed by atoms with Gasteiger partial charge in [0.25, 0.3) is 5.91 Å². The lowest BCUT2D eigenvalue weighted by Gasteiger charge is -2.10. The lowest BCUT2D eigenvalue weighted by molar-refractivity contribution is 0.0698. The molecular weight excluding hydrogens is 260 g/mol. The molecule has 0 aliphatic rings. The third kappa shape index (κ3) is 2.64. The molecule has 0 saturated heterocycles. The molecule has 0 fully saturated rings. The molecule has 104 valence electrons. The van der Waals surface area contributed by atoms with Crippen LogP contribution in [-0.4, -0.2) is 28.7 Å². The number of carbonyl (C=O) groups excluding carboxylic acids is 1. The number of aryl methyl sites for hydroxylation is 1. The second kappa shape index (κ2) is 5.48. The van der Waals surface area contributed by atoms with Gasteiger partial charge in [-0.25, -0.2) is 4.79 Å². The molecule has 1 aromatic carbocycles. The minimum absolute atomic E-state index is 0.00774. The van der Waals surface area contributed by atoms with E-state index in [-0.39, 0.29) is 17.2 Å². The monoisotopic (exact) mass is 274 g/mol. The van der Waals surface area contributed by atoms with E-state index < -0.39 is 5.97 Å². The first-order valence-electron chi connectivity index (χ1n) is 5.87. The number of rotatable bonds is 4. The van der Waals surface area contributed by atoms with Gasteiger partial charge in [-0.15, -0.1) is 0 Å². The molecule has 6 nitrogen and oxygen atoms in total. The predicted octanol–water partition coefficient (Wildman–Crippen LogP) is 1.98. The third-order valence-corrected chi connectivity index (χ3v) is 2.88. The fraction of sp³-hybridized carbons (Fsp3) is 0.143. The van der Waals surface area contributed by atoms with E-state index >= 15 is 0 Å². The van der Waals surface area contributed by atoms with Crippen molar-refractivity contribution in [2.24, 2.45) is 7.05 Å². The standard InChI is InChI=1S/C14H14N2O4/c1-16-7-3-4-12(16)13(17)15-11-8-9(20-2)5-6-10(11)14(18)19/h3-8H,1-2H3,(H,15,17)(H,18,19). The van der Waals surface area contributed by atoms with Crippen molar-refractivity contribution in [3.8, 4) is 5.75 Å². The average Bonchev–Trinajstić information content (AvgIpc) is 2.84. The van der Waals surface area contributed by atoms with Crippen molar-refractivity contribution in [2.45, 2.75) is 0 Å². The highest BCUT2D eigenvalue weighted by molar-refractivity contribution is 6.07. The highest BCUT2D eigenvalue weighted by atomic mass is 16.5. The highest BCUT2D eigenvalue weighted by Gasteiger charge is 2.15. The van der Waals surface area contributed by atoms with Crippen LogP contribution in [0, 0.1) is 0 Å². The summed E-state index contributed by atoms with van der Waals surface area (Å²) in [5.74, 6) is -1.03. The number of amides is 1. The largest absolute Gasteiger partial charge is 0.497 e. The van der Waals surface area contributed by atoms with Crippen LogP contribution in [0.2, 0.25) is 0 Å². The number of nitrogens with zero attached hydrogens (tertiary/aromatic N) is 1. The van der Waals surface area contributed by atoms with E-state index in [0.717, 1.165) is 0 Å². The summed E-state index contributed by atoms with van der Waals surface area (Å²) < 4.78 is 6.68. The summed E-state index contributed by atoms with van der Waals surface area (Å²) in [7, 11) is 3.21. The number of methoxy groups -OCH3 is 1. The molecule has 1 amide bonds. The molecule has 2 aromatic rings. The summed E-state index contributed by atoms with van der Waals surface area (Å²) in [5.41, 5.74) is 0.639. The van der Waals surface area contributed by atoms with Crippen LogP contribution < -0.4 is 10.1 Å². The van der Waals surface area contributed by atoms with E-state index in [4.69, 9.17) is 9.84 Å². The minimum atomic E-state index is -1.12. The Labute approximate surface area is 115 Å². The number of hydrogen-bond donors (Lipinski definition) is 2. The molecule has 20 heavy (non-hydrogen) atoms. The Kier molecular flexibility index (Phi) is 3.74. The molecule has 0 aliphatic heterocycles. The number of anilines is 1. The Bertz CT molecular complexity index is 661. The highest BCUT2D eigenvalue weighted by Crippen LogP contribution is 2.23.